The molecule has 1 heterocycles. The molecule has 1 aromatic carbocycles. The van der Waals surface area contributed by atoms with E-state index in [-0.39, 0.29) is 11.7 Å². The topological polar surface area (TPSA) is 55.6 Å². The van der Waals surface area contributed by atoms with Crippen molar-refractivity contribution >= 4 is 0 Å². The van der Waals surface area contributed by atoms with Crippen LogP contribution in [-0.4, -0.2) is 26.2 Å². The Morgan fingerprint density at radius 2 is 2.11 bits per heavy atom. The van der Waals surface area contributed by atoms with Gasteiger partial charge in [0.05, 0.1) is 6.54 Å². The van der Waals surface area contributed by atoms with Gasteiger partial charge in [0.1, 0.15) is 5.69 Å². The minimum atomic E-state index is -0.962. The van der Waals surface area contributed by atoms with E-state index in [2.05, 4.69) is 20.8 Å². The third-order valence-electron chi connectivity index (χ3n) is 2.36. The highest BCUT2D eigenvalue weighted by atomic mass is 19.2. The van der Waals surface area contributed by atoms with E-state index in [4.69, 9.17) is 0 Å². The van der Waals surface area contributed by atoms with Gasteiger partial charge in [-0.2, -0.15) is 4.68 Å². The first-order chi connectivity index (χ1) is 8.59. The van der Waals surface area contributed by atoms with Crippen molar-refractivity contribution in [1.82, 2.24) is 25.5 Å². The van der Waals surface area contributed by atoms with E-state index < -0.39 is 11.6 Å². The second kappa shape index (κ2) is 5.18. The van der Waals surface area contributed by atoms with E-state index in [1.54, 1.807) is 0 Å². The van der Waals surface area contributed by atoms with Gasteiger partial charge in [0, 0.05) is 6.04 Å². The zero-order valence-electron chi connectivity index (χ0n) is 10.1. The number of hydrogen-bond acceptors (Lipinski definition) is 4. The molecule has 96 valence electrons. The van der Waals surface area contributed by atoms with Gasteiger partial charge in [-0.3, -0.25) is 0 Å². The van der Waals surface area contributed by atoms with Crippen molar-refractivity contribution in [3.05, 3.63) is 35.7 Å². The van der Waals surface area contributed by atoms with Crippen LogP contribution in [0.1, 0.15) is 19.7 Å². The summed E-state index contributed by atoms with van der Waals surface area (Å²) < 4.78 is 28.0. The Bertz CT molecular complexity index is 538. The van der Waals surface area contributed by atoms with Gasteiger partial charge in [0.15, 0.2) is 17.5 Å². The third kappa shape index (κ3) is 2.51. The highest BCUT2D eigenvalue weighted by molar-refractivity contribution is 5.33. The Hall–Kier alpha value is -1.89. The van der Waals surface area contributed by atoms with Crippen LogP contribution in [0.5, 0.6) is 0 Å². The lowest BCUT2D eigenvalue weighted by atomic mass is 10.3. The maximum absolute atomic E-state index is 13.6. The SMILES string of the molecule is CC(C)NCc1nnnn1-c1cccc(F)c1F. The molecule has 0 spiro atoms. The van der Waals surface area contributed by atoms with Crippen LogP contribution in [0.3, 0.4) is 0 Å². The molecule has 2 rings (SSSR count). The van der Waals surface area contributed by atoms with E-state index in [9.17, 15) is 8.78 Å². The molecule has 0 aliphatic heterocycles. The summed E-state index contributed by atoms with van der Waals surface area (Å²) in [6, 6.07) is 4.13. The maximum atomic E-state index is 13.6. The fraction of sp³-hybridized carbons (Fsp3) is 0.364. The zero-order chi connectivity index (χ0) is 13.1. The van der Waals surface area contributed by atoms with Crippen molar-refractivity contribution in [2.45, 2.75) is 26.4 Å². The van der Waals surface area contributed by atoms with Gasteiger partial charge in [0.25, 0.3) is 0 Å². The quantitative estimate of drug-likeness (QED) is 0.895. The normalized spacial score (nSPS) is 11.2. The van der Waals surface area contributed by atoms with Crippen LogP contribution in [0.2, 0.25) is 0 Å². The Labute approximate surface area is 103 Å². The van der Waals surface area contributed by atoms with E-state index in [1.165, 1.54) is 16.8 Å². The number of hydrogen-bond donors (Lipinski definition) is 1. The average molecular weight is 253 g/mol. The molecule has 0 bridgehead atoms. The Kier molecular flexibility index (Phi) is 3.61. The van der Waals surface area contributed by atoms with Gasteiger partial charge in [0.2, 0.25) is 0 Å². The fourth-order valence-electron chi connectivity index (χ4n) is 1.45. The summed E-state index contributed by atoms with van der Waals surface area (Å²) in [5.41, 5.74) is 0.000515. The standard InChI is InChI=1S/C11H13F2N5/c1-7(2)14-6-10-15-16-17-18(10)9-5-3-4-8(12)11(9)13/h3-5,7,14H,6H2,1-2H3. The molecule has 0 unspecified atom stereocenters. The number of halogens is 2. The first-order valence-electron chi connectivity index (χ1n) is 5.54. The second-order valence-corrected chi connectivity index (χ2v) is 4.12. The Morgan fingerprint density at radius 3 is 2.83 bits per heavy atom. The molecule has 0 radical (unpaired) electrons. The van der Waals surface area contributed by atoms with Crippen LogP contribution >= 0.6 is 0 Å². The van der Waals surface area contributed by atoms with Crippen molar-refractivity contribution < 1.29 is 8.78 Å². The van der Waals surface area contributed by atoms with Crippen molar-refractivity contribution in [3.63, 3.8) is 0 Å². The summed E-state index contributed by atoms with van der Waals surface area (Å²) in [4.78, 5) is 0. The van der Waals surface area contributed by atoms with Crippen LogP contribution in [0, 0.1) is 11.6 Å². The molecular weight excluding hydrogens is 240 g/mol. The molecule has 0 aliphatic carbocycles. The highest BCUT2D eigenvalue weighted by Crippen LogP contribution is 2.15. The van der Waals surface area contributed by atoms with Crippen LogP contribution < -0.4 is 5.32 Å². The molecule has 5 nitrogen and oxygen atoms in total. The maximum Gasteiger partial charge on any atom is 0.184 e. The van der Waals surface area contributed by atoms with Crippen molar-refractivity contribution in [3.8, 4) is 5.69 Å². The Balaban J connectivity index is 2.33. The largest absolute Gasteiger partial charge is 0.308 e. The summed E-state index contributed by atoms with van der Waals surface area (Å²) in [5, 5.41) is 14.1. The lowest BCUT2D eigenvalue weighted by Crippen LogP contribution is -2.24. The first kappa shape index (κ1) is 12.6. The second-order valence-electron chi connectivity index (χ2n) is 4.12. The van der Waals surface area contributed by atoms with Gasteiger partial charge >= 0.3 is 0 Å². The fourth-order valence-corrected chi connectivity index (χ4v) is 1.45. The molecule has 0 amide bonds. The molecule has 7 heteroatoms. The van der Waals surface area contributed by atoms with E-state index in [1.807, 2.05) is 13.8 Å². The van der Waals surface area contributed by atoms with E-state index >= 15 is 0 Å². The number of nitrogens with one attached hydrogen (secondary N) is 1. The zero-order valence-corrected chi connectivity index (χ0v) is 10.1. The van der Waals surface area contributed by atoms with Gasteiger partial charge in [-0.15, -0.1) is 5.10 Å². The molecule has 2 aromatic rings. The molecule has 1 N–H and O–H groups in total. The van der Waals surface area contributed by atoms with Crippen LogP contribution in [0.4, 0.5) is 8.78 Å². The lowest BCUT2D eigenvalue weighted by Gasteiger charge is -2.09. The van der Waals surface area contributed by atoms with Gasteiger partial charge < -0.3 is 5.32 Å². The number of tetrazole rings is 1. The third-order valence-corrected chi connectivity index (χ3v) is 2.36. The van der Waals surface area contributed by atoms with Crippen LogP contribution in [0.25, 0.3) is 5.69 Å². The molecule has 0 saturated carbocycles. The predicted octanol–water partition coefficient (Wildman–Crippen LogP) is 1.44. The highest BCUT2D eigenvalue weighted by Gasteiger charge is 2.14. The number of rotatable bonds is 4. The summed E-state index contributed by atoms with van der Waals surface area (Å²) in [5.74, 6) is -1.46. The van der Waals surface area contributed by atoms with Gasteiger partial charge in [-0.25, -0.2) is 8.78 Å². The van der Waals surface area contributed by atoms with Crippen molar-refractivity contribution in [1.29, 1.82) is 0 Å². The first-order valence-corrected chi connectivity index (χ1v) is 5.54. The molecule has 0 atom stereocenters. The number of aromatic nitrogens is 4. The van der Waals surface area contributed by atoms with Gasteiger partial charge in [-0.05, 0) is 22.6 Å². The van der Waals surface area contributed by atoms with E-state index in [0.717, 1.165) is 6.07 Å². The van der Waals surface area contributed by atoms with Gasteiger partial charge in [-0.1, -0.05) is 19.9 Å². The van der Waals surface area contributed by atoms with Crippen molar-refractivity contribution in [2.75, 3.05) is 0 Å². The molecule has 0 aliphatic rings. The minimum Gasteiger partial charge on any atom is -0.308 e. The summed E-state index contributed by atoms with van der Waals surface area (Å²) >= 11 is 0. The molecule has 0 fully saturated rings. The van der Waals surface area contributed by atoms with E-state index in [0.29, 0.717) is 12.4 Å². The summed E-state index contributed by atoms with van der Waals surface area (Å²) in [6.07, 6.45) is 0. The molecular formula is C11H13F2N5. The summed E-state index contributed by atoms with van der Waals surface area (Å²) in [7, 11) is 0. The number of benzene rings is 1. The Morgan fingerprint density at radius 1 is 1.33 bits per heavy atom. The lowest BCUT2D eigenvalue weighted by molar-refractivity contribution is 0.496. The average Bonchev–Trinajstić information content (AvgIpc) is 2.78. The number of nitrogens with zero attached hydrogens (tertiary/aromatic N) is 4. The summed E-state index contributed by atoms with van der Waals surface area (Å²) in [6.45, 7) is 4.31. The predicted molar refractivity (Wildman–Crippen MR) is 61.0 cm³/mol. The molecule has 1 aromatic heterocycles. The minimum absolute atomic E-state index is 0.000515. The monoisotopic (exact) mass is 253 g/mol. The smallest absolute Gasteiger partial charge is 0.184 e. The van der Waals surface area contributed by atoms with Crippen LogP contribution in [-0.2, 0) is 6.54 Å². The molecule has 18 heavy (non-hydrogen) atoms. The molecule has 0 saturated heterocycles. The van der Waals surface area contributed by atoms with Crippen molar-refractivity contribution in [2.24, 2.45) is 0 Å². The van der Waals surface area contributed by atoms with Crippen LogP contribution in [0.15, 0.2) is 18.2 Å².